The van der Waals surface area contributed by atoms with Crippen molar-refractivity contribution in [1.82, 2.24) is 10.0 Å². The molecule has 1 aromatic carbocycles. The molecule has 0 amide bonds. The van der Waals surface area contributed by atoms with E-state index in [4.69, 9.17) is 9.47 Å². The van der Waals surface area contributed by atoms with Crippen molar-refractivity contribution in [2.24, 2.45) is 0 Å². The van der Waals surface area contributed by atoms with Gasteiger partial charge in [-0.2, -0.15) is 0 Å². The minimum Gasteiger partial charge on any atom is -0.507 e. The summed E-state index contributed by atoms with van der Waals surface area (Å²) in [6, 6.07) is 3.17. The largest absolute Gasteiger partial charge is 0.507 e. The van der Waals surface area contributed by atoms with Gasteiger partial charge in [0.05, 0.1) is 5.75 Å². The van der Waals surface area contributed by atoms with Crippen LogP contribution in [0.3, 0.4) is 0 Å². The molecule has 7 nitrogen and oxygen atoms in total. The van der Waals surface area contributed by atoms with E-state index in [1.807, 2.05) is 0 Å². The number of aromatic hydroxyl groups is 1. The zero-order valence-corrected chi connectivity index (χ0v) is 11.3. The second-order valence-corrected chi connectivity index (χ2v) is 6.08. The standard InChI is InChI=1S/C11H16N2O5S/c1-12-19(15,16)3-2-13-6-8-4-10-11(5-9(8)14)18-7-17-10/h4-5,12-14H,2-3,6-7H2,1H3. The van der Waals surface area contributed by atoms with Crippen molar-refractivity contribution >= 4 is 10.0 Å². The van der Waals surface area contributed by atoms with Crippen LogP contribution in [0.5, 0.6) is 17.2 Å². The van der Waals surface area contributed by atoms with E-state index in [0.717, 1.165) is 0 Å². The van der Waals surface area contributed by atoms with E-state index in [-0.39, 0.29) is 24.8 Å². The molecule has 0 aromatic heterocycles. The van der Waals surface area contributed by atoms with Crippen LogP contribution in [0, 0.1) is 0 Å². The zero-order chi connectivity index (χ0) is 13.9. The average Bonchev–Trinajstić information content (AvgIpc) is 2.81. The van der Waals surface area contributed by atoms with Crippen LogP contribution in [-0.2, 0) is 16.6 Å². The SMILES string of the molecule is CNS(=O)(=O)CCNCc1cc2c(cc1O)OCO2. The summed E-state index contributed by atoms with van der Waals surface area (Å²) in [6.07, 6.45) is 0. The summed E-state index contributed by atoms with van der Waals surface area (Å²) in [7, 11) is -1.84. The van der Waals surface area contributed by atoms with Gasteiger partial charge in [-0.15, -0.1) is 0 Å². The Bertz CT molecular complexity index is 558. The summed E-state index contributed by atoms with van der Waals surface area (Å²) >= 11 is 0. The summed E-state index contributed by atoms with van der Waals surface area (Å²) in [5, 5.41) is 12.7. The number of nitrogens with one attached hydrogen (secondary N) is 2. The zero-order valence-electron chi connectivity index (χ0n) is 10.5. The maximum atomic E-state index is 11.2. The third-order valence-corrected chi connectivity index (χ3v) is 4.11. The maximum absolute atomic E-state index is 11.2. The monoisotopic (exact) mass is 288 g/mol. The first kappa shape index (κ1) is 13.9. The van der Waals surface area contributed by atoms with Crippen LogP contribution >= 0.6 is 0 Å². The van der Waals surface area contributed by atoms with Gasteiger partial charge in [-0.3, -0.25) is 0 Å². The van der Waals surface area contributed by atoms with Crippen LogP contribution in [0.1, 0.15) is 5.56 Å². The number of hydrogen-bond acceptors (Lipinski definition) is 6. The Kier molecular flexibility index (Phi) is 4.13. The van der Waals surface area contributed by atoms with Crippen LogP contribution in [0.4, 0.5) is 0 Å². The lowest BCUT2D eigenvalue weighted by Crippen LogP contribution is -2.29. The first-order valence-corrected chi connectivity index (χ1v) is 7.40. The highest BCUT2D eigenvalue weighted by Crippen LogP contribution is 2.37. The molecule has 19 heavy (non-hydrogen) atoms. The van der Waals surface area contributed by atoms with Crippen molar-refractivity contribution < 1.29 is 23.0 Å². The van der Waals surface area contributed by atoms with E-state index in [0.29, 0.717) is 23.6 Å². The molecule has 0 saturated heterocycles. The molecule has 8 heteroatoms. The average molecular weight is 288 g/mol. The lowest BCUT2D eigenvalue weighted by Gasteiger charge is -2.08. The van der Waals surface area contributed by atoms with Crippen molar-refractivity contribution in [2.45, 2.75) is 6.54 Å². The molecular formula is C11H16N2O5S. The Balaban J connectivity index is 1.90. The highest BCUT2D eigenvalue weighted by molar-refractivity contribution is 7.89. The number of fused-ring (bicyclic) bond motifs is 1. The first-order valence-electron chi connectivity index (χ1n) is 5.75. The minimum atomic E-state index is -3.21. The predicted molar refractivity (Wildman–Crippen MR) is 68.8 cm³/mol. The van der Waals surface area contributed by atoms with Gasteiger partial charge < -0.3 is 19.9 Å². The fraction of sp³-hybridized carbons (Fsp3) is 0.455. The molecule has 0 radical (unpaired) electrons. The van der Waals surface area contributed by atoms with Crippen molar-refractivity contribution in [3.05, 3.63) is 17.7 Å². The van der Waals surface area contributed by atoms with Crippen molar-refractivity contribution in [1.29, 1.82) is 0 Å². The molecule has 0 unspecified atom stereocenters. The molecule has 106 valence electrons. The second kappa shape index (κ2) is 5.64. The predicted octanol–water partition coefficient (Wildman–Crippen LogP) is -0.240. The van der Waals surface area contributed by atoms with Crippen molar-refractivity contribution in [3.63, 3.8) is 0 Å². The van der Waals surface area contributed by atoms with Gasteiger partial charge >= 0.3 is 0 Å². The normalized spacial score (nSPS) is 13.7. The van der Waals surface area contributed by atoms with Crippen molar-refractivity contribution in [2.75, 3.05) is 26.1 Å². The molecule has 0 spiro atoms. The number of hydrogen-bond donors (Lipinski definition) is 3. The van der Waals surface area contributed by atoms with Crippen LogP contribution in [-0.4, -0.2) is 39.7 Å². The van der Waals surface area contributed by atoms with Crippen LogP contribution < -0.4 is 19.5 Å². The van der Waals surface area contributed by atoms with Gasteiger partial charge in [0.2, 0.25) is 16.8 Å². The van der Waals surface area contributed by atoms with E-state index in [9.17, 15) is 13.5 Å². The highest BCUT2D eigenvalue weighted by atomic mass is 32.2. The van der Waals surface area contributed by atoms with E-state index < -0.39 is 10.0 Å². The molecule has 1 aromatic rings. The van der Waals surface area contributed by atoms with E-state index in [1.54, 1.807) is 6.07 Å². The van der Waals surface area contributed by atoms with Gasteiger partial charge in [0, 0.05) is 24.7 Å². The number of ether oxygens (including phenoxy) is 2. The molecule has 3 N–H and O–H groups in total. The van der Waals surface area contributed by atoms with E-state index in [2.05, 4.69) is 10.0 Å². The maximum Gasteiger partial charge on any atom is 0.231 e. The minimum absolute atomic E-state index is 0.0190. The fourth-order valence-corrected chi connectivity index (χ4v) is 2.26. The van der Waals surface area contributed by atoms with Crippen molar-refractivity contribution in [3.8, 4) is 17.2 Å². The molecule has 0 bridgehead atoms. The molecule has 0 saturated carbocycles. The second-order valence-electron chi connectivity index (χ2n) is 4.03. The molecule has 0 atom stereocenters. The molecule has 1 heterocycles. The lowest BCUT2D eigenvalue weighted by molar-refractivity contribution is 0.174. The number of sulfonamides is 1. The highest BCUT2D eigenvalue weighted by Gasteiger charge is 2.16. The van der Waals surface area contributed by atoms with Crippen LogP contribution in [0.25, 0.3) is 0 Å². The van der Waals surface area contributed by atoms with E-state index in [1.165, 1.54) is 13.1 Å². The summed E-state index contributed by atoms with van der Waals surface area (Å²) in [5.41, 5.74) is 0.631. The molecule has 2 rings (SSSR count). The molecule has 0 fully saturated rings. The van der Waals surface area contributed by atoms with E-state index >= 15 is 0 Å². The molecule has 0 aliphatic carbocycles. The number of rotatable bonds is 6. The Morgan fingerprint density at radius 2 is 2.00 bits per heavy atom. The lowest BCUT2D eigenvalue weighted by atomic mass is 10.1. The summed E-state index contributed by atoms with van der Waals surface area (Å²) in [6.45, 7) is 0.783. The third kappa shape index (κ3) is 3.49. The molecular weight excluding hydrogens is 272 g/mol. The topological polar surface area (TPSA) is 96.9 Å². The number of phenols is 1. The Labute approximate surface area is 111 Å². The molecule has 1 aliphatic rings. The Morgan fingerprint density at radius 3 is 2.68 bits per heavy atom. The Hall–Kier alpha value is -1.51. The summed E-state index contributed by atoms with van der Waals surface area (Å²) in [4.78, 5) is 0. The molecule has 1 aliphatic heterocycles. The summed E-state index contributed by atoms with van der Waals surface area (Å²) < 4.78 is 35.0. The fourth-order valence-electron chi connectivity index (χ4n) is 1.65. The van der Waals surface area contributed by atoms with Gasteiger partial charge in [-0.25, -0.2) is 13.1 Å². The van der Waals surface area contributed by atoms with Gasteiger partial charge in [-0.1, -0.05) is 0 Å². The van der Waals surface area contributed by atoms with Gasteiger partial charge in [0.25, 0.3) is 0 Å². The number of benzene rings is 1. The van der Waals surface area contributed by atoms with Gasteiger partial charge in [-0.05, 0) is 13.1 Å². The first-order chi connectivity index (χ1) is 9.02. The quantitative estimate of drug-likeness (QED) is 0.625. The third-order valence-electron chi connectivity index (χ3n) is 2.75. The summed E-state index contributed by atoms with van der Waals surface area (Å²) in [5.74, 6) is 1.17. The van der Waals surface area contributed by atoms with Gasteiger partial charge in [0.15, 0.2) is 11.5 Å². The smallest absolute Gasteiger partial charge is 0.231 e. The number of phenolic OH excluding ortho intramolecular Hbond substituents is 1. The van der Waals surface area contributed by atoms with Crippen LogP contribution in [0.15, 0.2) is 12.1 Å². The van der Waals surface area contributed by atoms with Gasteiger partial charge in [0.1, 0.15) is 5.75 Å². The van der Waals surface area contributed by atoms with Crippen LogP contribution in [0.2, 0.25) is 0 Å². The Morgan fingerprint density at radius 1 is 1.32 bits per heavy atom.